The number of anilines is 1. The molecule has 48 heavy (non-hydrogen) atoms. The second-order valence-corrected chi connectivity index (χ2v) is 13.3. The van der Waals surface area contributed by atoms with Gasteiger partial charge >= 0.3 is 25.7 Å². The van der Waals surface area contributed by atoms with Crippen LogP contribution in [0.15, 0.2) is 48.8 Å². The van der Waals surface area contributed by atoms with Gasteiger partial charge in [-0.2, -0.15) is 15.4 Å². The molecular formula is C31H37N6O10P. The van der Waals surface area contributed by atoms with E-state index in [-0.39, 0.29) is 23.4 Å². The maximum absolute atomic E-state index is 14.4. The van der Waals surface area contributed by atoms with Gasteiger partial charge < -0.3 is 29.2 Å². The van der Waals surface area contributed by atoms with E-state index in [0.717, 1.165) is 46.0 Å². The van der Waals surface area contributed by atoms with E-state index in [0.29, 0.717) is 5.52 Å². The fourth-order valence-electron chi connectivity index (χ4n) is 5.73. The highest BCUT2D eigenvalue weighted by Gasteiger charge is 2.62. The number of hydrogen-bond acceptors (Lipinski definition) is 14. The van der Waals surface area contributed by atoms with E-state index in [1.807, 2.05) is 6.07 Å². The zero-order valence-corrected chi connectivity index (χ0v) is 27.5. The lowest BCUT2D eigenvalue weighted by Crippen LogP contribution is -2.49. The summed E-state index contributed by atoms with van der Waals surface area (Å²) in [7, 11) is -4.52. The van der Waals surface area contributed by atoms with Crippen LogP contribution in [-0.4, -0.2) is 69.1 Å². The number of carbonyl (C=O) groups excluding carboxylic acids is 3. The molecular weight excluding hydrogens is 647 g/mol. The summed E-state index contributed by atoms with van der Waals surface area (Å²) in [5, 5.41) is 17.4. The topological polar surface area (TPSA) is 216 Å². The maximum Gasteiger partial charge on any atom is 0.459 e. The van der Waals surface area contributed by atoms with Crippen LogP contribution in [0.3, 0.4) is 0 Å². The molecule has 1 saturated carbocycles. The van der Waals surface area contributed by atoms with E-state index in [9.17, 15) is 24.2 Å². The summed E-state index contributed by atoms with van der Waals surface area (Å²) in [6.07, 6.45) is 1.10. The molecule has 2 fully saturated rings. The molecule has 17 heteroatoms. The van der Waals surface area contributed by atoms with E-state index in [1.165, 1.54) is 29.9 Å². The van der Waals surface area contributed by atoms with Crippen molar-refractivity contribution in [3.8, 4) is 11.8 Å². The highest BCUT2D eigenvalue weighted by Crippen LogP contribution is 2.50. The molecule has 0 bridgehead atoms. The Hall–Kier alpha value is -4.55. The third-order valence-corrected chi connectivity index (χ3v) is 9.56. The molecule has 5 rings (SSSR count). The number of aromatic nitrogens is 3. The lowest BCUT2D eigenvalue weighted by atomic mass is 9.95. The second-order valence-electron chi connectivity index (χ2n) is 11.6. The van der Waals surface area contributed by atoms with Crippen molar-refractivity contribution in [2.75, 3.05) is 12.3 Å². The van der Waals surface area contributed by atoms with Gasteiger partial charge in [0.25, 0.3) is 0 Å². The van der Waals surface area contributed by atoms with Crippen molar-refractivity contribution in [2.45, 2.75) is 88.9 Å². The number of ether oxygens (including phenoxy) is 4. The molecule has 0 unspecified atom stereocenters. The molecule has 6 atom stereocenters. The van der Waals surface area contributed by atoms with Crippen molar-refractivity contribution in [3.63, 3.8) is 0 Å². The quantitative estimate of drug-likeness (QED) is 0.158. The molecule has 1 aliphatic heterocycles. The number of nitriles is 1. The first-order valence-electron chi connectivity index (χ1n) is 15.4. The number of nitrogens with zero attached hydrogens (tertiary/aromatic N) is 4. The number of carbonyl (C=O) groups is 3. The van der Waals surface area contributed by atoms with Crippen molar-refractivity contribution in [1.29, 1.82) is 5.26 Å². The Balaban J connectivity index is 1.47. The first-order chi connectivity index (χ1) is 22.9. The van der Waals surface area contributed by atoms with E-state index in [4.69, 9.17) is 33.7 Å². The fraction of sp³-hybridized carbons (Fsp3) is 0.484. The number of para-hydroxylation sites is 1. The lowest BCUT2D eigenvalue weighted by Gasteiger charge is -2.30. The molecule has 16 nitrogen and oxygen atoms in total. The minimum atomic E-state index is -4.52. The third-order valence-electron chi connectivity index (χ3n) is 7.94. The highest BCUT2D eigenvalue weighted by molar-refractivity contribution is 7.52. The summed E-state index contributed by atoms with van der Waals surface area (Å²) >= 11 is 0. The summed E-state index contributed by atoms with van der Waals surface area (Å²) in [4.78, 5) is 41.7. The van der Waals surface area contributed by atoms with E-state index in [2.05, 4.69) is 15.2 Å². The number of nitrogens with one attached hydrogen (secondary N) is 1. The molecule has 0 spiro atoms. The number of esters is 3. The van der Waals surface area contributed by atoms with Crippen LogP contribution in [0.1, 0.15) is 64.7 Å². The zero-order chi connectivity index (χ0) is 34.5. The normalized spacial score (nSPS) is 24.6. The monoisotopic (exact) mass is 684 g/mol. The Labute approximate surface area is 276 Å². The van der Waals surface area contributed by atoms with Gasteiger partial charge in [0.1, 0.15) is 48.5 Å². The summed E-state index contributed by atoms with van der Waals surface area (Å²) in [6.45, 7) is 2.85. The van der Waals surface area contributed by atoms with Crippen molar-refractivity contribution >= 4 is 37.0 Å². The molecule has 3 heterocycles. The maximum atomic E-state index is 14.4. The Morgan fingerprint density at radius 1 is 1.10 bits per heavy atom. The minimum absolute atomic E-state index is 0.128. The predicted octanol–water partition coefficient (Wildman–Crippen LogP) is 3.57. The van der Waals surface area contributed by atoms with Crippen LogP contribution in [0.25, 0.3) is 5.52 Å². The zero-order valence-electron chi connectivity index (χ0n) is 26.6. The van der Waals surface area contributed by atoms with E-state index in [1.54, 1.807) is 30.3 Å². The molecule has 3 aromatic rings. The fourth-order valence-corrected chi connectivity index (χ4v) is 7.25. The van der Waals surface area contributed by atoms with Gasteiger partial charge in [-0.25, -0.2) is 14.1 Å². The molecule has 0 amide bonds. The molecule has 3 N–H and O–H groups in total. The smallest absolute Gasteiger partial charge is 0.459 e. The summed E-state index contributed by atoms with van der Waals surface area (Å²) in [6, 6.07) is 12.0. The van der Waals surface area contributed by atoms with Gasteiger partial charge in [-0.1, -0.05) is 24.6 Å². The van der Waals surface area contributed by atoms with Crippen LogP contribution in [0, 0.1) is 11.3 Å². The van der Waals surface area contributed by atoms with Gasteiger partial charge in [-0.3, -0.25) is 18.9 Å². The average Bonchev–Trinajstić information content (AvgIpc) is 3.61. The van der Waals surface area contributed by atoms with Crippen LogP contribution in [0.5, 0.6) is 5.75 Å². The standard InChI is InChI=1S/C31H37N6O10P/c1-19(30(40)45-22-10-6-4-7-11-22)36-48(41,47-23-12-8-5-9-13-23)42-17-31(16-32)28(44-21(3)39)27(43-20(2)38)26(46-31)24-14-15-25-29(33)34-18-35-37(24)25/h5,8-9,12-15,18-19,22,26-28H,4,6-7,10-11,17H2,1-3H3,(H,36,41)(H2,33,34,35)/t19-,26-,27-,28-,31+,48-/m0/s1. The largest absolute Gasteiger partial charge is 0.461 e. The summed E-state index contributed by atoms with van der Waals surface area (Å²) in [5.41, 5.74) is 4.46. The van der Waals surface area contributed by atoms with E-state index < -0.39 is 62.2 Å². The van der Waals surface area contributed by atoms with Crippen LogP contribution >= 0.6 is 7.75 Å². The molecule has 1 saturated heterocycles. The summed E-state index contributed by atoms with van der Waals surface area (Å²) in [5.74, 6) is -1.98. The third kappa shape index (κ3) is 7.77. The Morgan fingerprint density at radius 2 is 1.81 bits per heavy atom. The SMILES string of the molecule is CC(=O)O[C@H]1[C@H](c2ccc3c(N)ncnn23)O[C@](C#N)(CO[P@@](=O)(N[C@@H](C)C(=O)OC2CCCCC2)Oc2ccccc2)[C@H]1OC(C)=O. The van der Waals surface area contributed by atoms with Crippen LogP contribution in [-0.2, 0) is 42.4 Å². The number of hydrogen-bond donors (Lipinski definition) is 2. The highest BCUT2D eigenvalue weighted by atomic mass is 31.2. The number of rotatable bonds is 12. The van der Waals surface area contributed by atoms with Gasteiger partial charge in [0.05, 0.1) is 5.69 Å². The molecule has 256 valence electrons. The Bertz CT molecular complexity index is 1730. The lowest BCUT2D eigenvalue weighted by molar-refractivity contribution is -0.166. The minimum Gasteiger partial charge on any atom is -0.461 e. The van der Waals surface area contributed by atoms with Gasteiger partial charge in [-0.05, 0) is 56.9 Å². The van der Waals surface area contributed by atoms with Crippen molar-refractivity contribution in [3.05, 3.63) is 54.5 Å². The first kappa shape index (κ1) is 34.8. The van der Waals surface area contributed by atoms with Crippen LogP contribution < -0.4 is 15.3 Å². The molecule has 1 aliphatic carbocycles. The van der Waals surface area contributed by atoms with Crippen molar-refractivity contribution in [2.24, 2.45) is 0 Å². The van der Waals surface area contributed by atoms with Gasteiger partial charge in [0.15, 0.2) is 18.0 Å². The van der Waals surface area contributed by atoms with Crippen LogP contribution in [0.2, 0.25) is 0 Å². The van der Waals surface area contributed by atoms with Crippen molar-refractivity contribution < 1.29 is 46.9 Å². The summed E-state index contributed by atoms with van der Waals surface area (Å²) < 4.78 is 50.4. The Morgan fingerprint density at radius 3 is 2.48 bits per heavy atom. The van der Waals surface area contributed by atoms with Crippen LogP contribution in [0.4, 0.5) is 5.82 Å². The van der Waals surface area contributed by atoms with Gasteiger partial charge in [0, 0.05) is 13.8 Å². The molecule has 0 radical (unpaired) electrons. The molecule has 2 aromatic heterocycles. The number of nitrogens with two attached hydrogens (primary N) is 1. The van der Waals surface area contributed by atoms with E-state index >= 15 is 0 Å². The van der Waals surface area contributed by atoms with Crippen molar-refractivity contribution in [1.82, 2.24) is 19.7 Å². The van der Waals surface area contributed by atoms with Gasteiger partial charge in [-0.15, -0.1) is 0 Å². The van der Waals surface area contributed by atoms with Gasteiger partial charge in [0.2, 0.25) is 5.60 Å². The Kier molecular flexibility index (Phi) is 10.6. The number of fused-ring (bicyclic) bond motifs is 1. The molecule has 1 aromatic carbocycles. The predicted molar refractivity (Wildman–Crippen MR) is 167 cm³/mol. The number of nitrogen functional groups attached to an aromatic ring is 1. The first-order valence-corrected chi connectivity index (χ1v) is 17.0. The average molecular weight is 685 g/mol. The number of benzene rings is 1. The second kappa shape index (κ2) is 14.7. The molecule has 2 aliphatic rings.